The summed E-state index contributed by atoms with van der Waals surface area (Å²) >= 11 is 0. The van der Waals surface area contributed by atoms with Gasteiger partial charge in [-0.15, -0.1) is 0 Å². The van der Waals surface area contributed by atoms with E-state index >= 15 is 0 Å². The maximum Gasteiger partial charge on any atom is 0.308 e. The summed E-state index contributed by atoms with van der Waals surface area (Å²) < 4.78 is 15.3. The standard InChI is InChI=1S/C9H16O4/c1-4-11-9(10)6(2)5-8-12-7(3)13-8/h6-8H,4-5H2,1-3H3. The van der Waals surface area contributed by atoms with E-state index in [1.54, 1.807) is 6.92 Å². The predicted molar refractivity (Wildman–Crippen MR) is 45.8 cm³/mol. The predicted octanol–water partition coefficient (Wildman–Crippen LogP) is 1.29. The molecule has 4 nitrogen and oxygen atoms in total. The van der Waals surface area contributed by atoms with Gasteiger partial charge in [0.2, 0.25) is 0 Å². The highest BCUT2D eigenvalue weighted by Gasteiger charge is 2.30. The summed E-state index contributed by atoms with van der Waals surface area (Å²) in [4.78, 5) is 11.2. The fourth-order valence-electron chi connectivity index (χ4n) is 1.22. The highest BCUT2D eigenvalue weighted by Crippen LogP contribution is 2.22. The van der Waals surface area contributed by atoms with Crippen molar-refractivity contribution < 1.29 is 19.0 Å². The Balaban J connectivity index is 2.17. The van der Waals surface area contributed by atoms with Crippen molar-refractivity contribution in [3.8, 4) is 0 Å². The third-order valence-corrected chi connectivity index (χ3v) is 1.92. The van der Waals surface area contributed by atoms with Crippen molar-refractivity contribution in [2.24, 2.45) is 5.92 Å². The fraction of sp³-hybridized carbons (Fsp3) is 0.889. The Kier molecular flexibility index (Phi) is 3.69. The molecule has 4 heteroatoms. The molecule has 76 valence electrons. The molecule has 0 aromatic heterocycles. The third-order valence-electron chi connectivity index (χ3n) is 1.92. The van der Waals surface area contributed by atoms with E-state index in [1.165, 1.54) is 0 Å². The van der Waals surface area contributed by atoms with Crippen LogP contribution in [-0.2, 0) is 19.0 Å². The first-order chi connectivity index (χ1) is 6.13. The quantitative estimate of drug-likeness (QED) is 0.624. The average Bonchev–Trinajstić information content (AvgIpc) is 2.02. The number of rotatable bonds is 4. The van der Waals surface area contributed by atoms with Crippen molar-refractivity contribution >= 4 is 5.97 Å². The van der Waals surface area contributed by atoms with Gasteiger partial charge in [0, 0.05) is 6.42 Å². The first-order valence-electron chi connectivity index (χ1n) is 4.61. The van der Waals surface area contributed by atoms with Gasteiger partial charge < -0.3 is 14.2 Å². The van der Waals surface area contributed by atoms with Gasteiger partial charge in [-0.05, 0) is 13.8 Å². The molecular weight excluding hydrogens is 172 g/mol. The van der Waals surface area contributed by atoms with Gasteiger partial charge in [-0.3, -0.25) is 4.79 Å². The molecular formula is C9H16O4. The maximum absolute atomic E-state index is 11.2. The minimum absolute atomic E-state index is 0.126. The van der Waals surface area contributed by atoms with E-state index in [1.807, 2.05) is 13.8 Å². The summed E-state index contributed by atoms with van der Waals surface area (Å²) in [7, 11) is 0. The molecule has 0 radical (unpaired) electrons. The molecule has 0 spiro atoms. The van der Waals surface area contributed by atoms with Crippen LogP contribution in [0.5, 0.6) is 0 Å². The molecule has 1 aliphatic rings. The molecule has 0 amide bonds. The lowest BCUT2D eigenvalue weighted by Crippen LogP contribution is -2.40. The molecule has 0 saturated carbocycles. The summed E-state index contributed by atoms with van der Waals surface area (Å²) in [6.45, 7) is 5.86. The Hall–Kier alpha value is -0.610. The summed E-state index contributed by atoms with van der Waals surface area (Å²) in [5.74, 6) is -0.341. The van der Waals surface area contributed by atoms with E-state index in [2.05, 4.69) is 0 Å². The number of carbonyl (C=O) groups is 1. The van der Waals surface area contributed by atoms with E-state index < -0.39 is 0 Å². The van der Waals surface area contributed by atoms with E-state index in [9.17, 15) is 4.79 Å². The molecule has 1 heterocycles. The molecule has 0 aliphatic carbocycles. The number of hydrogen-bond acceptors (Lipinski definition) is 4. The van der Waals surface area contributed by atoms with Crippen LogP contribution in [0.1, 0.15) is 27.2 Å². The van der Waals surface area contributed by atoms with Crippen LogP contribution in [0.3, 0.4) is 0 Å². The van der Waals surface area contributed by atoms with Crippen LogP contribution in [0.4, 0.5) is 0 Å². The lowest BCUT2D eigenvalue weighted by atomic mass is 10.1. The van der Waals surface area contributed by atoms with E-state index in [4.69, 9.17) is 14.2 Å². The van der Waals surface area contributed by atoms with Gasteiger partial charge in [0.15, 0.2) is 12.6 Å². The second kappa shape index (κ2) is 4.58. The fourth-order valence-corrected chi connectivity index (χ4v) is 1.22. The van der Waals surface area contributed by atoms with E-state index in [0.29, 0.717) is 13.0 Å². The first kappa shape index (κ1) is 10.5. The summed E-state index contributed by atoms with van der Waals surface area (Å²) in [6, 6.07) is 0. The van der Waals surface area contributed by atoms with Gasteiger partial charge in [0.1, 0.15) is 0 Å². The Morgan fingerprint density at radius 3 is 2.62 bits per heavy atom. The maximum atomic E-state index is 11.2. The van der Waals surface area contributed by atoms with Crippen LogP contribution in [0.15, 0.2) is 0 Å². The average molecular weight is 188 g/mol. The van der Waals surface area contributed by atoms with E-state index in [-0.39, 0.29) is 24.5 Å². The van der Waals surface area contributed by atoms with Crippen LogP contribution in [0.25, 0.3) is 0 Å². The number of ether oxygens (including phenoxy) is 3. The van der Waals surface area contributed by atoms with Crippen LogP contribution >= 0.6 is 0 Å². The molecule has 1 saturated heterocycles. The molecule has 1 aliphatic heterocycles. The van der Waals surface area contributed by atoms with Crippen LogP contribution in [0.2, 0.25) is 0 Å². The molecule has 0 N–H and O–H groups in total. The normalized spacial score (nSPS) is 29.2. The molecule has 0 aromatic rings. The van der Waals surface area contributed by atoms with Gasteiger partial charge in [0.25, 0.3) is 0 Å². The number of carbonyl (C=O) groups excluding carboxylic acids is 1. The number of hydrogen-bond donors (Lipinski definition) is 0. The van der Waals surface area contributed by atoms with Crippen molar-refractivity contribution in [2.45, 2.75) is 39.8 Å². The Morgan fingerprint density at radius 1 is 1.54 bits per heavy atom. The van der Waals surface area contributed by atoms with Gasteiger partial charge >= 0.3 is 5.97 Å². The van der Waals surface area contributed by atoms with Crippen molar-refractivity contribution in [2.75, 3.05) is 6.61 Å². The van der Waals surface area contributed by atoms with Gasteiger partial charge in [-0.1, -0.05) is 6.92 Å². The Bertz CT molecular complexity index is 174. The van der Waals surface area contributed by atoms with E-state index in [0.717, 1.165) is 0 Å². The zero-order chi connectivity index (χ0) is 9.84. The Labute approximate surface area is 78.2 Å². The Morgan fingerprint density at radius 2 is 2.15 bits per heavy atom. The monoisotopic (exact) mass is 188 g/mol. The van der Waals surface area contributed by atoms with Crippen molar-refractivity contribution in [1.29, 1.82) is 0 Å². The zero-order valence-electron chi connectivity index (χ0n) is 8.28. The first-order valence-corrected chi connectivity index (χ1v) is 4.61. The summed E-state index contributed by atoms with van der Waals surface area (Å²) in [5.41, 5.74) is 0. The minimum atomic E-state index is -0.227. The van der Waals surface area contributed by atoms with Gasteiger partial charge in [-0.25, -0.2) is 0 Å². The van der Waals surface area contributed by atoms with Crippen LogP contribution < -0.4 is 0 Å². The second-order valence-electron chi connectivity index (χ2n) is 3.16. The highest BCUT2D eigenvalue weighted by molar-refractivity contribution is 5.71. The largest absolute Gasteiger partial charge is 0.466 e. The molecule has 1 rings (SSSR count). The van der Waals surface area contributed by atoms with Gasteiger partial charge in [0.05, 0.1) is 12.5 Å². The number of esters is 1. The smallest absolute Gasteiger partial charge is 0.308 e. The molecule has 1 unspecified atom stereocenters. The molecule has 0 bridgehead atoms. The SMILES string of the molecule is CCOC(=O)C(C)CC1OC(C)O1. The topological polar surface area (TPSA) is 44.8 Å². The summed E-state index contributed by atoms with van der Waals surface area (Å²) in [5, 5.41) is 0. The molecule has 13 heavy (non-hydrogen) atoms. The van der Waals surface area contributed by atoms with Crippen molar-refractivity contribution in [3.63, 3.8) is 0 Å². The third kappa shape index (κ3) is 2.97. The second-order valence-corrected chi connectivity index (χ2v) is 3.16. The molecule has 1 atom stereocenters. The summed E-state index contributed by atoms with van der Waals surface area (Å²) in [6.07, 6.45) is 0.220. The minimum Gasteiger partial charge on any atom is -0.466 e. The van der Waals surface area contributed by atoms with Gasteiger partial charge in [-0.2, -0.15) is 0 Å². The highest BCUT2D eigenvalue weighted by atomic mass is 16.9. The molecule has 1 fully saturated rings. The molecule has 0 aromatic carbocycles. The van der Waals surface area contributed by atoms with Crippen LogP contribution in [-0.4, -0.2) is 25.2 Å². The van der Waals surface area contributed by atoms with Crippen LogP contribution in [0, 0.1) is 5.92 Å². The van der Waals surface area contributed by atoms with Crippen molar-refractivity contribution in [1.82, 2.24) is 0 Å². The lowest BCUT2D eigenvalue weighted by Gasteiger charge is -2.34. The van der Waals surface area contributed by atoms with Crippen molar-refractivity contribution in [3.05, 3.63) is 0 Å². The lowest BCUT2D eigenvalue weighted by molar-refractivity contribution is -0.379. The zero-order valence-corrected chi connectivity index (χ0v) is 8.28.